The van der Waals surface area contributed by atoms with Gasteiger partial charge in [0.2, 0.25) is 5.91 Å². The third-order valence-electron chi connectivity index (χ3n) is 3.39. The number of carbonyl (C=O) groups excluding carboxylic acids is 1. The van der Waals surface area contributed by atoms with Gasteiger partial charge in [-0.25, -0.2) is 0 Å². The van der Waals surface area contributed by atoms with Gasteiger partial charge in [0.05, 0.1) is 6.42 Å². The average molecular weight is 343 g/mol. The Bertz CT molecular complexity index is 388. The highest BCUT2D eigenvalue weighted by Gasteiger charge is 2.22. The minimum atomic E-state index is 0.276. The van der Waals surface area contributed by atoms with E-state index < -0.39 is 0 Å². The van der Waals surface area contributed by atoms with Gasteiger partial charge in [0.25, 0.3) is 0 Å². The molecule has 17 heavy (non-hydrogen) atoms. The molecule has 1 heterocycles. The first-order valence-corrected chi connectivity index (χ1v) is 7.28. The fourth-order valence-electron chi connectivity index (χ4n) is 2.35. The van der Waals surface area contributed by atoms with Gasteiger partial charge in [-0.1, -0.05) is 12.1 Å². The van der Waals surface area contributed by atoms with Crippen LogP contribution in [0, 0.1) is 3.57 Å². The summed E-state index contributed by atoms with van der Waals surface area (Å²) in [5.41, 5.74) is 1.12. The van der Waals surface area contributed by atoms with E-state index in [-0.39, 0.29) is 5.91 Å². The standard InChI is InChI=1S/C14H18INO/c1-11-4-2-3-9-16(11)14(17)10-12-5-7-13(15)8-6-12/h5-8,11H,2-4,9-10H2,1H3. The number of amides is 1. The van der Waals surface area contributed by atoms with Gasteiger partial charge in [0.1, 0.15) is 0 Å². The molecule has 0 spiro atoms. The van der Waals surface area contributed by atoms with Gasteiger partial charge in [-0.3, -0.25) is 4.79 Å². The molecule has 0 aromatic heterocycles. The topological polar surface area (TPSA) is 20.3 Å². The zero-order chi connectivity index (χ0) is 12.3. The summed E-state index contributed by atoms with van der Waals surface area (Å²) in [6.07, 6.45) is 4.11. The minimum absolute atomic E-state index is 0.276. The van der Waals surface area contributed by atoms with Crippen molar-refractivity contribution in [3.8, 4) is 0 Å². The number of benzene rings is 1. The Hall–Kier alpha value is -0.580. The molecule has 92 valence electrons. The summed E-state index contributed by atoms with van der Waals surface area (Å²) < 4.78 is 1.21. The zero-order valence-electron chi connectivity index (χ0n) is 10.2. The van der Waals surface area contributed by atoms with Crippen LogP contribution in [0.4, 0.5) is 0 Å². The predicted octanol–water partition coefficient (Wildman–Crippen LogP) is 3.23. The van der Waals surface area contributed by atoms with Crippen LogP contribution in [-0.4, -0.2) is 23.4 Å². The largest absolute Gasteiger partial charge is 0.340 e. The van der Waals surface area contributed by atoms with E-state index in [1.807, 2.05) is 17.0 Å². The molecule has 1 fully saturated rings. The van der Waals surface area contributed by atoms with Crippen molar-refractivity contribution < 1.29 is 4.79 Å². The van der Waals surface area contributed by atoms with Gasteiger partial charge in [-0.2, -0.15) is 0 Å². The van der Waals surface area contributed by atoms with Crippen molar-refractivity contribution in [2.75, 3.05) is 6.54 Å². The molecule has 0 saturated carbocycles. The van der Waals surface area contributed by atoms with Crippen LogP contribution in [0.1, 0.15) is 31.7 Å². The summed E-state index contributed by atoms with van der Waals surface area (Å²) in [4.78, 5) is 14.2. The van der Waals surface area contributed by atoms with Gasteiger partial charge >= 0.3 is 0 Å². The maximum absolute atomic E-state index is 12.2. The molecular weight excluding hydrogens is 325 g/mol. The molecule has 0 aliphatic carbocycles. The Kier molecular flexibility index (Phi) is 4.42. The van der Waals surface area contributed by atoms with Crippen LogP contribution < -0.4 is 0 Å². The van der Waals surface area contributed by atoms with Crippen LogP contribution in [0.25, 0.3) is 0 Å². The van der Waals surface area contributed by atoms with Crippen molar-refractivity contribution >= 4 is 28.5 Å². The summed E-state index contributed by atoms with van der Waals surface area (Å²) >= 11 is 2.28. The number of carbonyl (C=O) groups is 1. The van der Waals surface area contributed by atoms with Gasteiger partial charge in [0.15, 0.2) is 0 Å². The van der Waals surface area contributed by atoms with Gasteiger partial charge < -0.3 is 4.90 Å². The van der Waals surface area contributed by atoms with Crippen molar-refractivity contribution in [3.05, 3.63) is 33.4 Å². The summed E-state index contributed by atoms with van der Waals surface area (Å²) in [5.74, 6) is 0.276. The molecule has 0 bridgehead atoms. The summed E-state index contributed by atoms with van der Waals surface area (Å²) in [6.45, 7) is 3.09. The van der Waals surface area contributed by atoms with E-state index >= 15 is 0 Å². The molecule has 0 radical (unpaired) electrons. The summed E-state index contributed by atoms with van der Waals surface area (Å²) in [5, 5.41) is 0. The first-order chi connectivity index (χ1) is 8.16. The molecule has 1 aliphatic rings. The minimum Gasteiger partial charge on any atom is -0.340 e. The Morgan fingerprint density at radius 1 is 1.35 bits per heavy atom. The SMILES string of the molecule is CC1CCCCN1C(=O)Cc1ccc(I)cc1. The second-order valence-corrected chi connectivity index (χ2v) is 5.98. The summed E-state index contributed by atoms with van der Waals surface area (Å²) in [7, 11) is 0. The zero-order valence-corrected chi connectivity index (χ0v) is 12.3. The lowest BCUT2D eigenvalue weighted by Crippen LogP contribution is -2.42. The molecule has 3 heteroatoms. The van der Waals surface area contributed by atoms with Crippen LogP contribution in [0.2, 0.25) is 0 Å². The highest BCUT2D eigenvalue weighted by atomic mass is 127. The number of hydrogen-bond donors (Lipinski definition) is 0. The van der Waals surface area contributed by atoms with E-state index in [0.717, 1.165) is 24.9 Å². The van der Waals surface area contributed by atoms with Crippen molar-refractivity contribution in [1.29, 1.82) is 0 Å². The monoisotopic (exact) mass is 343 g/mol. The Morgan fingerprint density at radius 2 is 2.06 bits per heavy atom. The maximum Gasteiger partial charge on any atom is 0.227 e. The molecule has 1 saturated heterocycles. The average Bonchev–Trinajstić information content (AvgIpc) is 2.32. The van der Waals surface area contributed by atoms with Crippen LogP contribution in [0.5, 0.6) is 0 Å². The normalized spacial score (nSPS) is 20.4. The molecule has 1 aliphatic heterocycles. The fraction of sp³-hybridized carbons (Fsp3) is 0.500. The second kappa shape index (κ2) is 5.85. The van der Waals surface area contributed by atoms with Crippen molar-refractivity contribution in [2.45, 2.75) is 38.6 Å². The quantitative estimate of drug-likeness (QED) is 0.755. The van der Waals surface area contributed by atoms with Crippen LogP contribution in [-0.2, 0) is 11.2 Å². The number of nitrogens with zero attached hydrogens (tertiary/aromatic N) is 1. The third kappa shape index (κ3) is 3.44. The molecule has 2 rings (SSSR count). The third-order valence-corrected chi connectivity index (χ3v) is 4.11. The number of piperidine rings is 1. The first-order valence-electron chi connectivity index (χ1n) is 6.21. The molecule has 1 unspecified atom stereocenters. The first kappa shape index (κ1) is 12.9. The van der Waals surface area contributed by atoms with Crippen molar-refractivity contribution in [3.63, 3.8) is 0 Å². The lowest BCUT2D eigenvalue weighted by molar-refractivity contribution is -0.133. The lowest BCUT2D eigenvalue weighted by Gasteiger charge is -2.33. The summed E-state index contributed by atoms with van der Waals surface area (Å²) in [6, 6.07) is 8.63. The highest BCUT2D eigenvalue weighted by molar-refractivity contribution is 14.1. The number of rotatable bonds is 2. The number of likely N-dealkylation sites (tertiary alicyclic amines) is 1. The van der Waals surface area contributed by atoms with Gasteiger partial charge in [0, 0.05) is 16.2 Å². The van der Waals surface area contributed by atoms with E-state index in [1.54, 1.807) is 0 Å². The van der Waals surface area contributed by atoms with E-state index in [4.69, 9.17) is 0 Å². The van der Waals surface area contributed by atoms with Gasteiger partial charge in [-0.15, -0.1) is 0 Å². The molecule has 2 nitrogen and oxygen atoms in total. The molecule has 1 atom stereocenters. The van der Waals surface area contributed by atoms with E-state index in [2.05, 4.69) is 41.6 Å². The molecule has 1 amide bonds. The Balaban J connectivity index is 1.98. The Labute approximate surface area is 117 Å². The van der Waals surface area contributed by atoms with E-state index in [9.17, 15) is 4.79 Å². The van der Waals surface area contributed by atoms with Crippen LogP contribution in [0.3, 0.4) is 0 Å². The highest BCUT2D eigenvalue weighted by Crippen LogP contribution is 2.18. The smallest absolute Gasteiger partial charge is 0.227 e. The van der Waals surface area contributed by atoms with Crippen molar-refractivity contribution in [2.24, 2.45) is 0 Å². The number of hydrogen-bond acceptors (Lipinski definition) is 1. The molecule has 1 aromatic carbocycles. The van der Waals surface area contributed by atoms with E-state index in [1.165, 1.54) is 9.99 Å². The maximum atomic E-state index is 12.2. The predicted molar refractivity (Wildman–Crippen MR) is 77.9 cm³/mol. The molecule has 0 N–H and O–H groups in total. The van der Waals surface area contributed by atoms with E-state index in [0.29, 0.717) is 12.5 Å². The fourth-order valence-corrected chi connectivity index (χ4v) is 2.71. The number of halogens is 1. The molecular formula is C14H18INO. The lowest BCUT2D eigenvalue weighted by atomic mass is 10.0. The van der Waals surface area contributed by atoms with Crippen LogP contribution >= 0.6 is 22.6 Å². The van der Waals surface area contributed by atoms with Gasteiger partial charge in [-0.05, 0) is 66.5 Å². The van der Waals surface area contributed by atoms with Crippen molar-refractivity contribution in [1.82, 2.24) is 4.90 Å². The van der Waals surface area contributed by atoms with Crippen LogP contribution in [0.15, 0.2) is 24.3 Å². The molecule has 1 aromatic rings. The second-order valence-electron chi connectivity index (χ2n) is 4.74. The Morgan fingerprint density at radius 3 is 2.71 bits per heavy atom.